The van der Waals surface area contributed by atoms with E-state index in [4.69, 9.17) is 4.74 Å². The Morgan fingerprint density at radius 3 is 2.56 bits per heavy atom. The van der Waals surface area contributed by atoms with Crippen LogP contribution in [0.3, 0.4) is 0 Å². The van der Waals surface area contributed by atoms with Crippen molar-refractivity contribution < 1.29 is 14.3 Å². The number of aryl methyl sites for hydroxylation is 1. The van der Waals surface area contributed by atoms with Gasteiger partial charge in [-0.2, -0.15) is 0 Å². The zero-order valence-electron chi connectivity index (χ0n) is 15.6. The molecule has 1 fully saturated rings. The quantitative estimate of drug-likeness (QED) is 0.792. The van der Waals surface area contributed by atoms with Crippen LogP contribution in [0.15, 0.2) is 41.8 Å². The number of hydrogen-bond acceptors (Lipinski definition) is 4. The first-order chi connectivity index (χ1) is 13.2. The third kappa shape index (κ3) is 5.57. The molecule has 3 rings (SSSR count). The third-order valence-corrected chi connectivity index (χ3v) is 5.62. The summed E-state index contributed by atoms with van der Waals surface area (Å²) in [7, 11) is 0. The van der Waals surface area contributed by atoms with Crippen molar-refractivity contribution in [3.63, 3.8) is 0 Å². The van der Waals surface area contributed by atoms with Crippen molar-refractivity contribution in [1.29, 1.82) is 0 Å². The molecule has 2 heterocycles. The largest absolute Gasteiger partial charge is 0.484 e. The Balaban J connectivity index is 1.40. The van der Waals surface area contributed by atoms with Crippen LogP contribution in [0.4, 0.5) is 0 Å². The standard InChI is InChI=1S/C21H26N2O3S/c1-2-4-16-6-8-18(9-7-16)26-15-20(24)23-12-10-17(11-13-23)22-21(25)19-5-3-14-27-19/h3,5-9,14,17H,2,4,10-13,15H2,1H3,(H,22,25). The topological polar surface area (TPSA) is 58.6 Å². The van der Waals surface area contributed by atoms with Crippen molar-refractivity contribution in [1.82, 2.24) is 10.2 Å². The Kier molecular flexibility index (Phi) is 6.87. The molecule has 0 radical (unpaired) electrons. The summed E-state index contributed by atoms with van der Waals surface area (Å²) in [6, 6.07) is 11.8. The Bertz CT molecular complexity index is 735. The minimum absolute atomic E-state index is 0.00401. The molecule has 1 saturated heterocycles. The SMILES string of the molecule is CCCc1ccc(OCC(=O)N2CCC(NC(=O)c3cccs3)CC2)cc1. The fraction of sp³-hybridized carbons (Fsp3) is 0.429. The number of amides is 2. The molecule has 0 unspecified atom stereocenters. The molecule has 27 heavy (non-hydrogen) atoms. The summed E-state index contributed by atoms with van der Waals surface area (Å²) in [6.07, 6.45) is 3.71. The molecule has 1 aliphatic heterocycles. The van der Waals surface area contributed by atoms with Gasteiger partial charge in [0.05, 0.1) is 4.88 Å². The average molecular weight is 387 g/mol. The second-order valence-electron chi connectivity index (χ2n) is 6.79. The number of nitrogens with one attached hydrogen (secondary N) is 1. The second kappa shape index (κ2) is 9.55. The number of ether oxygens (including phenoxy) is 1. The lowest BCUT2D eigenvalue weighted by Gasteiger charge is -2.32. The van der Waals surface area contributed by atoms with Crippen LogP contribution in [-0.2, 0) is 11.2 Å². The van der Waals surface area contributed by atoms with Crippen molar-refractivity contribution in [2.75, 3.05) is 19.7 Å². The first-order valence-electron chi connectivity index (χ1n) is 9.49. The van der Waals surface area contributed by atoms with Crippen LogP contribution in [0.25, 0.3) is 0 Å². The molecule has 1 aromatic heterocycles. The molecule has 144 valence electrons. The number of hydrogen-bond donors (Lipinski definition) is 1. The van der Waals surface area contributed by atoms with Gasteiger partial charge in [-0.15, -0.1) is 11.3 Å². The fourth-order valence-corrected chi connectivity index (χ4v) is 3.84. The van der Waals surface area contributed by atoms with Gasteiger partial charge in [-0.1, -0.05) is 31.5 Å². The summed E-state index contributed by atoms with van der Waals surface area (Å²) in [5.74, 6) is 0.696. The molecule has 0 atom stereocenters. The molecule has 5 nitrogen and oxygen atoms in total. The van der Waals surface area contributed by atoms with Crippen LogP contribution in [0.5, 0.6) is 5.75 Å². The van der Waals surface area contributed by atoms with E-state index in [1.165, 1.54) is 16.9 Å². The maximum atomic E-state index is 12.4. The van der Waals surface area contributed by atoms with Gasteiger partial charge in [0, 0.05) is 19.1 Å². The molecule has 2 aromatic rings. The van der Waals surface area contributed by atoms with Gasteiger partial charge in [0.2, 0.25) is 0 Å². The predicted octanol–water partition coefficient (Wildman–Crippen LogP) is 3.50. The normalized spacial score (nSPS) is 14.8. The van der Waals surface area contributed by atoms with Gasteiger partial charge in [0.15, 0.2) is 6.61 Å². The van der Waals surface area contributed by atoms with Crippen molar-refractivity contribution >= 4 is 23.2 Å². The Morgan fingerprint density at radius 2 is 1.93 bits per heavy atom. The van der Waals surface area contributed by atoms with Crippen LogP contribution in [0.1, 0.15) is 41.4 Å². The Hall–Kier alpha value is -2.34. The van der Waals surface area contributed by atoms with Crippen molar-refractivity contribution in [2.24, 2.45) is 0 Å². The van der Waals surface area contributed by atoms with E-state index in [1.807, 2.05) is 46.7 Å². The maximum absolute atomic E-state index is 12.4. The molecule has 2 amide bonds. The van der Waals surface area contributed by atoms with Gasteiger partial charge in [-0.3, -0.25) is 9.59 Å². The molecule has 0 aliphatic carbocycles. The van der Waals surface area contributed by atoms with Gasteiger partial charge in [0.1, 0.15) is 5.75 Å². The van der Waals surface area contributed by atoms with Crippen LogP contribution in [0.2, 0.25) is 0 Å². The number of rotatable bonds is 7. The van der Waals surface area contributed by atoms with Crippen LogP contribution in [-0.4, -0.2) is 42.5 Å². The summed E-state index contributed by atoms with van der Waals surface area (Å²) in [5, 5.41) is 4.95. The zero-order chi connectivity index (χ0) is 19.1. The van der Waals surface area contributed by atoms with Gasteiger partial charge >= 0.3 is 0 Å². The number of piperidine rings is 1. The van der Waals surface area contributed by atoms with Gasteiger partial charge in [-0.25, -0.2) is 0 Å². The Labute approximate surface area is 164 Å². The number of nitrogens with zero attached hydrogens (tertiary/aromatic N) is 1. The molecular weight excluding hydrogens is 360 g/mol. The van der Waals surface area contributed by atoms with E-state index < -0.39 is 0 Å². The van der Waals surface area contributed by atoms with Crippen LogP contribution < -0.4 is 10.1 Å². The summed E-state index contributed by atoms with van der Waals surface area (Å²) in [5.41, 5.74) is 1.28. The number of carbonyl (C=O) groups is 2. The number of carbonyl (C=O) groups excluding carboxylic acids is 2. The molecular formula is C21H26N2O3S. The van der Waals surface area contributed by atoms with E-state index in [0.717, 1.165) is 36.3 Å². The maximum Gasteiger partial charge on any atom is 0.261 e. The first-order valence-corrected chi connectivity index (χ1v) is 10.4. The summed E-state index contributed by atoms with van der Waals surface area (Å²) < 4.78 is 5.63. The predicted molar refractivity (Wildman–Crippen MR) is 107 cm³/mol. The van der Waals surface area contributed by atoms with E-state index in [2.05, 4.69) is 12.2 Å². The smallest absolute Gasteiger partial charge is 0.261 e. The van der Waals surface area contributed by atoms with E-state index in [0.29, 0.717) is 13.1 Å². The molecule has 1 N–H and O–H groups in total. The van der Waals surface area contributed by atoms with E-state index in [-0.39, 0.29) is 24.5 Å². The van der Waals surface area contributed by atoms with Crippen LogP contribution >= 0.6 is 11.3 Å². The summed E-state index contributed by atoms with van der Waals surface area (Å²) >= 11 is 1.44. The van der Waals surface area contributed by atoms with Crippen LogP contribution in [0, 0.1) is 0 Å². The van der Waals surface area contributed by atoms with Crippen molar-refractivity contribution in [3.05, 3.63) is 52.2 Å². The van der Waals surface area contributed by atoms with Crippen molar-refractivity contribution in [2.45, 2.75) is 38.6 Å². The third-order valence-electron chi connectivity index (χ3n) is 4.75. The monoisotopic (exact) mass is 386 g/mol. The lowest BCUT2D eigenvalue weighted by Crippen LogP contribution is -2.47. The molecule has 0 spiro atoms. The van der Waals surface area contributed by atoms with E-state index >= 15 is 0 Å². The first kappa shape index (κ1) is 19.4. The molecule has 1 aromatic carbocycles. The van der Waals surface area contributed by atoms with Gasteiger partial charge in [0.25, 0.3) is 11.8 Å². The minimum Gasteiger partial charge on any atom is -0.484 e. The molecule has 0 saturated carbocycles. The highest BCUT2D eigenvalue weighted by molar-refractivity contribution is 7.12. The van der Waals surface area contributed by atoms with Gasteiger partial charge in [-0.05, 0) is 48.4 Å². The summed E-state index contributed by atoms with van der Waals surface area (Å²) in [6.45, 7) is 3.50. The molecule has 6 heteroatoms. The summed E-state index contributed by atoms with van der Waals surface area (Å²) in [4.78, 5) is 27.0. The molecule has 1 aliphatic rings. The second-order valence-corrected chi connectivity index (χ2v) is 7.74. The van der Waals surface area contributed by atoms with E-state index in [1.54, 1.807) is 0 Å². The molecule has 0 bridgehead atoms. The lowest BCUT2D eigenvalue weighted by atomic mass is 10.0. The van der Waals surface area contributed by atoms with E-state index in [9.17, 15) is 9.59 Å². The minimum atomic E-state index is -0.0235. The average Bonchev–Trinajstić information content (AvgIpc) is 3.23. The Morgan fingerprint density at radius 1 is 1.19 bits per heavy atom. The number of thiophene rings is 1. The zero-order valence-corrected chi connectivity index (χ0v) is 16.5. The highest BCUT2D eigenvalue weighted by atomic mass is 32.1. The van der Waals surface area contributed by atoms with Gasteiger partial charge < -0.3 is 15.0 Å². The number of benzene rings is 1. The number of likely N-dealkylation sites (tertiary alicyclic amines) is 1. The highest BCUT2D eigenvalue weighted by Crippen LogP contribution is 2.16. The van der Waals surface area contributed by atoms with Crippen molar-refractivity contribution in [3.8, 4) is 5.75 Å². The highest BCUT2D eigenvalue weighted by Gasteiger charge is 2.24. The lowest BCUT2D eigenvalue weighted by molar-refractivity contribution is -0.134. The fourth-order valence-electron chi connectivity index (χ4n) is 3.21.